The second-order valence-electron chi connectivity index (χ2n) is 7.23. The van der Waals surface area contributed by atoms with Crippen molar-refractivity contribution < 1.29 is 9.47 Å². The minimum Gasteiger partial charge on any atom is -0.493 e. The van der Waals surface area contributed by atoms with Crippen LogP contribution in [0.2, 0.25) is 0 Å². The standard InChI is InChI=1S/C26H25IO2/c1-3-4-15-29-24-14-13-18-9-5-7-11-20(18)26(24)25-21-12-8-6-10-19(21)16-23(27)22(25)17-28-2/h5-14,16H,3-4,15,17H2,1-2H3. The Morgan fingerprint density at radius 1 is 0.828 bits per heavy atom. The first-order valence-electron chi connectivity index (χ1n) is 10.1. The number of halogens is 1. The molecule has 4 aromatic carbocycles. The van der Waals surface area contributed by atoms with Crippen LogP contribution in [0.4, 0.5) is 0 Å². The van der Waals surface area contributed by atoms with E-state index in [1.54, 1.807) is 7.11 Å². The van der Waals surface area contributed by atoms with Crippen molar-refractivity contribution in [1.82, 2.24) is 0 Å². The van der Waals surface area contributed by atoms with Crippen molar-refractivity contribution in [3.05, 3.63) is 75.9 Å². The van der Waals surface area contributed by atoms with E-state index in [0.717, 1.165) is 25.2 Å². The second kappa shape index (κ2) is 9.14. The summed E-state index contributed by atoms with van der Waals surface area (Å²) in [4.78, 5) is 0. The van der Waals surface area contributed by atoms with Crippen LogP contribution in [0.25, 0.3) is 32.7 Å². The molecule has 3 heteroatoms. The minimum atomic E-state index is 0.566. The number of fused-ring (bicyclic) bond motifs is 2. The summed E-state index contributed by atoms with van der Waals surface area (Å²) in [6.45, 7) is 3.48. The molecule has 0 unspecified atom stereocenters. The maximum absolute atomic E-state index is 6.32. The van der Waals surface area contributed by atoms with Crippen molar-refractivity contribution >= 4 is 44.1 Å². The summed E-state index contributed by atoms with van der Waals surface area (Å²) in [6, 6.07) is 23.7. The minimum absolute atomic E-state index is 0.566. The van der Waals surface area contributed by atoms with Crippen LogP contribution in [0, 0.1) is 3.57 Å². The lowest BCUT2D eigenvalue weighted by atomic mass is 9.89. The van der Waals surface area contributed by atoms with Crippen LogP contribution in [0.15, 0.2) is 66.7 Å². The van der Waals surface area contributed by atoms with E-state index >= 15 is 0 Å². The molecule has 4 rings (SSSR count). The van der Waals surface area contributed by atoms with Crippen molar-refractivity contribution in [2.45, 2.75) is 26.4 Å². The molecule has 148 valence electrons. The van der Waals surface area contributed by atoms with Crippen LogP contribution >= 0.6 is 22.6 Å². The number of hydrogen-bond donors (Lipinski definition) is 0. The number of rotatable bonds is 7. The molecule has 0 radical (unpaired) electrons. The van der Waals surface area contributed by atoms with Crippen molar-refractivity contribution in [3.63, 3.8) is 0 Å². The molecule has 2 nitrogen and oxygen atoms in total. The van der Waals surface area contributed by atoms with E-state index < -0.39 is 0 Å². The highest BCUT2D eigenvalue weighted by Gasteiger charge is 2.20. The van der Waals surface area contributed by atoms with E-state index in [-0.39, 0.29) is 0 Å². The molecule has 0 fully saturated rings. The predicted octanol–water partition coefficient (Wildman–Crippen LogP) is 7.59. The van der Waals surface area contributed by atoms with Gasteiger partial charge in [-0.1, -0.05) is 67.9 Å². The molecule has 0 spiro atoms. The van der Waals surface area contributed by atoms with Crippen molar-refractivity contribution in [2.75, 3.05) is 13.7 Å². The first-order valence-corrected chi connectivity index (χ1v) is 11.2. The molecule has 0 bridgehead atoms. The van der Waals surface area contributed by atoms with Crippen molar-refractivity contribution in [2.24, 2.45) is 0 Å². The van der Waals surface area contributed by atoms with E-state index in [0.29, 0.717) is 6.61 Å². The van der Waals surface area contributed by atoms with Gasteiger partial charge in [0, 0.05) is 21.8 Å². The van der Waals surface area contributed by atoms with E-state index in [1.165, 1.54) is 41.8 Å². The molecule has 0 heterocycles. The normalized spacial score (nSPS) is 11.3. The number of unbranched alkanes of at least 4 members (excludes halogenated alkanes) is 1. The lowest BCUT2D eigenvalue weighted by Gasteiger charge is -2.20. The maximum atomic E-state index is 6.32. The smallest absolute Gasteiger partial charge is 0.127 e. The van der Waals surface area contributed by atoms with E-state index in [4.69, 9.17) is 9.47 Å². The van der Waals surface area contributed by atoms with Gasteiger partial charge in [-0.15, -0.1) is 0 Å². The largest absolute Gasteiger partial charge is 0.493 e. The van der Waals surface area contributed by atoms with Gasteiger partial charge >= 0.3 is 0 Å². The van der Waals surface area contributed by atoms with Crippen LogP contribution in [0.1, 0.15) is 25.3 Å². The number of ether oxygens (including phenoxy) is 2. The van der Waals surface area contributed by atoms with Crippen molar-refractivity contribution in [3.8, 4) is 16.9 Å². The van der Waals surface area contributed by atoms with Gasteiger partial charge in [0.2, 0.25) is 0 Å². The fourth-order valence-corrected chi connectivity index (χ4v) is 4.64. The average Bonchev–Trinajstić information content (AvgIpc) is 2.75. The quantitative estimate of drug-likeness (QED) is 0.194. The molecule has 0 N–H and O–H groups in total. The highest BCUT2D eigenvalue weighted by atomic mass is 127. The lowest BCUT2D eigenvalue weighted by molar-refractivity contribution is 0.185. The van der Waals surface area contributed by atoms with Gasteiger partial charge in [0.15, 0.2) is 0 Å². The van der Waals surface area contributed by atoms with E-state index in [2.05, 4.69) is 96.2 Å². The van der Waals surface area contributed by atoms with Gasteiger partial charge in [-0.25, -0.2) is 0 Å². The number of hydrogen-bond acceptors (Lipinski definition) is 2. The Hall–Kier alpha value is -2.11. The zero-order chi connectivity index (χ0) is 20.2. The predicted molar refractivity (Wildman–Crippen MR) is 131 cm³/mol. The third kappa shape index (κ3) is 3.99. The Bertz CT molecular complexity index is 1150. The Morgan fingerprint density at radius 3 is 2.24 bits per heavy atom. The lowest BCUT2D eigenvalue weighted by Crippen LogP contribution is -2.02. The Morgan fingerprint density at radius 2 is 1.52 bits per heavy atom. The van der Waals surface area contributed by atoms with Gasteiger partial charge in [-0.2, -0.15) is 0 Å². The summed E-state index contributed by atoms with van der Waals surface area (Å²) >= 11 is 2.43. The molecular weight excluding hydrogens is 471 g/mol. The molecule has 0 aliphatic carbocycles. The highest BCUT2D eigenvalue weighted by molar-refractivity contribution is 14.1. The van der Waals surface area contributed by atoms with E-state index in [9.17, 15) is 0 Å². The summed E-state index contributed by atoms with van der Waals surface area (Å²) in [5.41, 5.74) is 3.60. The zero-order valence-corrected chi connectivity index (χ0v) is 19.0. The van der Waals surface area contributed by atoms with Crippen LogP contribution in [-0.4, -0.2) is 13.7 Å². The fraction of sp³-hybridized carbons (Fsp3) is 0.231. The molecule has 0 saturated heterocycles. The van der Waals surface area contributed by atoms with E-state index in [1.807, 2.05) is 0 Å². The van der Waals surface area contributed by atoms with Gasteiger partial charge in [-0.05, 0) is 68.3 Å². The summed E-state index contributed by atoms with van der Waals surface area (Å²) < 4.78 is 13.2. The molecule has 0 aromatic heterocycles. The molecule has 4 aromatic rings. The first-order chi connectivity index (χ1) is 14.2. The summed E-state index contributed by atoms with van der Waals surface area (Å²) in [5.74, 6) is 0.946. The van der Waals surface area contributed by atoms with Crippen LogP contribution in [-0.2, 0) is 11.3 Å². The Balaban J connectivity index is 2.09. The summed E-state index contributed by atoms with van der Waals surface area (Å²) in [5, 5.41) is 4.90. The van der Waals surface area contributed by atoms with Gasteiger partial charge in [0.25, 0.3) is 0 Å². The second-order valence-corrected chi connectivity index (χ2v) is 8.39. The molecule has 0 aliphatic heterocycles. The Labute approximate surface area is 186 Å². The SMILES string of the molecule is CCCCOc1ccc2ccccc2c1-c1c(COC)c(I)cc2ccccc12. The third-order valence-corrected chi connectivity index (χ3v) is 6.25. The topological polar surface area (TPSA) is 18.5 Å². The number of methoxy groups -OCH3 is 1. The van der Waals surface area contributed by atoms with Crippen LogP contribution < -0.4 is 4.74 Å². The number of benzene rings is 4. The first kappa shape index (κ1) is 20.2. The van der Waals surface area contributed by atoms with Crippen LogP contribution in [0.3, 0.4) is 0 Å². The van der Waals surface area contributed by atoms with Crippen LogP contribution in [0.5, 0.6) is 5.75 Å². The van der Waals surface area contributed by atoms with Gasteiger partial charge in [-0.3, -0.25) is 0 Å². The zero-order valence-electron chi connectivity index (χ0n) is 16.9. The molecule has 0 atom stereocenters. The molecule has 29 heavy (non-hydrogen) atoms. The summed E-state index contributed by atoms with van der Waals surface area (Å²) in [7, 11) is 1.76. The molecule has 0 saturated carbocycles. The van der Waals surface area contributed by atoms with Crippen molar-refractivity contribution in [1.29, 1.82) is 0 Å². The molecular formula is C26H25IO2. The highest BCUT2D eigenvalue weighted by Crippen LogP contribution is 2.44. The maximum Gasteiger partial charge on any atom is 0.127 e. The average molecular weight is 496 g/mol. The van der Waals surface area contributed by atoms with Gasteiger partial charge in [0.05, 0.1) is 13.2 Å². The van der Waals surface area contributed by atoms with Gasteiger partial charge < -0.3 is 9.47 Å². The van der Waals surface area contributed by atoms with Gasteiger partial charge in [0.1, 0.15) is 5.75 Å². The molecule has 0 amide bonds. The summed E-state index contributed by atoms with van der Waals surface area (Å²) in [6.07, 6.45) is 2.16. The monoisotopic (exact) mass is 496 g/mol. The molecule has 0 aliphatic rings. The third-order valence-electron chi connectivity index (χ3n) is 5.29. The Kier molecular flexibility index (Phi) is 6.36. The fourth-order valence-electron chi connectivity index (χ4n) is 3.88.